The van der Waals surface area contributed by atoms with Crippen LogP contribution in [0.3, 0.4) is 0 Å². The molecule has 0 saturated heterocycles. The number of nitrogens with zero attached hydrogens (tertiary/aromatic N) is 3. The summed E-state index contributed by atoms with van der Waals surface area (Å²) in [7, 11) is 0. The number of nitriles is 1. The lowest BCUT2D eigenvalue weighted by Gasteiger charge is -1.88. The minimum atomic E-state index is 0.203. The van der Waals surface area contributed by atoms with Gasteiger partial charge in [0.15, 0.2) is 0 Å². The zero-order valence-corrected chi connectivity index (χ0v) is 6.07. The Hall–Kier alpha value is -2.09. The Labute approximate surface area is 67.9 Å². The lowest BCUT2D eigenvalue weighted by atomic mass is 10.4. The van der Waals surface area contributed by atoms with Crippen LogP contribution in [0.4, 0.5) is 5.95 Å². The van der Waals surface area contributed by atoms with Crippen molar-refractivity contribution in [2.75, 3.05) is 5.73 Å². The molecule has 5 heteroatoms. The molecule has 58 valence electrons. The number of hydrogen-bond acceptors (Lipinski definition) is 4. The van der Waals surface area contributed by atoms with E-state index in [-0.39, 0.29) is 5.95 Å². The van der Waals surface area contributed by atoms with Gasteiger partial charge in [0.25, 0.3) is 0 Å². The molecule has 0 bridgehead atoms. The fourth-order valence-corrected chi connectivity index (χ4v) is 0.990. The molecule has 2 aromatic heterocycles. The van der Waals surface area contributed by atoms with E-state index in [2.05, 4.69) is 15.0 Å². The van der Waals surface area contributed by atoms with Gasteiger partial charge in [-0.2, -0.15) is 10.2 Å². The van der Waals surface area contributed by atoms with Gasteiger partial charge in [-0.3, -0.25) is 0 Å². The monoisotopic (exact) mass is 159 g/mol. The molecule has 0 radical (unpaired) electrons. The predicted octanol–water partition coefficient (Wildman–Crippen LogP) is 0.412. The molecule has 0 saturated carbocycles. The van der Waals surface area contributed by atoms with Gasteiger partial charge in [-0.25, -0.2) is 4.98 Å². The van der Waals surface area contributed by atoms with Crippen molar-refractivity contribution in [3.05, 3.63) is 18.0 Å². The largest absolute Gasteiger partial charge is 0.368 e. The molecule has 0 aliphatic carbocycles. The average Bonchev–Trinajstić information content (AvgIpc) is 2.46. The van der Waals surface area contributed by atoms with Gasteiger partial charge in [0.2, 0.25) is 5.95 Å². The van der Waals surface area contributed by atoms with Gasteiger partial charge < -0.3 is 10.7 Å². The van der Waals surface area contributed by atoms with E-state index in [0.717, 1.165) is 5.39 Å². The number of nitrogens with two attached hydrogens (primary N) is 1. The molecular formula is C7H5N5. The minimum absolute atomic E-state index is 0.203. The number of fused-ring (bicyclic) bond motifs is 1. The summed E-state index contributed by atoms with van der Waals surface area (Å²) in [6.45, 7) is 0. The van der Waals surface area contributed by atoms with Crippen LogP contribution in [-0.2, 0) is 0 Å². The second kappa shape index (κ2) is 2.20. The van der Waals surface area contributed by atoms with Gasteiger partial charge in [-0.1, -0.05) is 0 Å². The van der Waals surface area contributed by atoms with Crippen LogP contribution in [-0.4, -0.2) is 15.0 Å². The molecule has 0 fully saturated rings. The van der Waals surface area contributed by atoms with Crippen molar-refractivity contribution in [1.82, 2.24) is 15.0 Å². The van der Waals surface area contributed by atoms with Crippen LogP contribution in [0.2, 0.25) is 0 Å². The Kier molecular flexibility index (Phi) is 1.21. The second-order valence-corrected chi connectivity index (χ2v) is 2.33. The first-order chi connectivity index (χ1) is 5.79. The first-order valence-corrected chi connectivity index (χ1v) is 3.31. The van der Waals surface area contributed by atoms with E-state index in [9.17, 15) is 0 Å². The van der Waals surface area contributed by atoms with Crippen molar-refractivity contribution in [3.8, 4) is 6.07 Å². The van der Waals surface area contributed by atoms with Crippen LogP contribution in [0.15, 0.2) is 12.3 Å². The van der Waals surface area contributed by atoms with Gasteiger partial charge >= 0.3 is 0 Å². The van der Waals surface area contributed by atoms with Crippen LogP contribution >= 0.6 is 0 Å². The third-order valence-corrected chi connectivity index (χ3v) is 1.51. The van der Waals surface area contributed by atoms with E-state index in [0.29, 0.717) is 11.3 Å². The summed E-state index contributed by atoms with van der Waals surface area (Å²) in [5.74, 6) is 0.203. The molecule has 0 aromatic carbocycles. The number of nitrogen functional groups attached to an aromatic ring is 1. The number of nitrogens with one attached hydrogen (secondary N) is 1. The molecule has 2 rings (SSSR count). The number of anilines is 1. The third kappa shape index (κ3) is 0.864. The van der Waals surface area contributed by atoms with Crippen LogP contribution in [0.5, 0.6) is 0 Å². The average molecular weight is 159 g/mol. The fraction of sp³-hybridized carbons (Fsp3) is 0. The number of H-pyrrole nitrogens is 1. The van der Waals surface area contributed by atoms with Crippen molar-refractivity contribution < 1.29 is 0 Å². The van der Waals surface area contributed by atoms with E-state index >= 15 is 0 Å². The highest BCUT2D eigenvalue weighted by Crippen LogP contribution is 2.11. The molecule has 2 aromatic rings. The normalized spacial score (nSPS) is 9.92. The second-order valence-electron chi connectivity index (χ2n) is 2.33. The zero-order valence-electron chi connectivity index (χ0n) is 6.07. The Bertz CT molecular complexity index is 464. The van der Waals surface area contributed by atoms with Gasteiger partial charge in [0.1, 0.15) is 17.4 Å². The summed E-state index contributed by atoms with van der Waals surface area (Å²) in [5.41, 5.74) is 6.41. The summed E-state index contributed by atoms with van der Waals surface area (Å²) >= 11 is 0. The molecule has 12 heavy (non-hydrogen) atoms. The lowest BCUT2D eigenvalue weighted by molar-refractivity contribution is 1.21. The molecule has 0 aliphatic rings. The predicted molar refractivity (Wildman–Crippen MR) is 43.0 cm³/mol. The first kappa shape index (κ1) is 6.61. The van der Waals surface area contributed by atoms with Crippen LogP contribution in [0.1, 0.15) is 5.69 Å². The van der Waals surface area contributed by atoms with E-state index in [4.69, 9.17) is 11.0 Å². The maximum atomic E-state index is 8.55. The number of hydrogen-bond donors (Lipinski definition) is 2. The highest BCUT2D eigenvalue weighted by atomic mass is 15.0. The van der Waals surface area contributed by atoms with E-state index < -0.39 is 0 Å². The maximum absolute atomic E-state index is 8.55. The van der Waals surface area contributed by atoms with Crippen LogP contribution < -0.4 is 5.73 Å². The van der Waals surface area contributed by atoms with Gasteiger partial charge in [-0.05, 0) is 6.07 Å². The summed E-state index contributed by atoms with van der Waals surface area (Å²) < 4.78 is 0. The third-order valence-electron chi connectivity index (χ3n) is 1.51. The lowest BCUT2D eigenvalue weighted by Crippen LogP contribution is -1.92. The molecule has 0 unspecified atom stereocenters. The van der Waals surface area contributed by atoms with Gasteiger partial charge in [0.05, 0.1) is 0 Å². The smallest absolute Gasteiger partial charge is 0.221 e. The number of rotatable bonds is 0. The van der Waals surface area contributed by atoms with E-state index in [1.54, 1.807) is 12.3 Å². The molecule has 0 atom stereocenters. The summed E-state index contributed by atoms with van der Waals surface area (Å²) in [6.07, 6.45) is 1.58. The van der Waals surface area contributed by atoms with Crippen molar-refractivity contribution in [3.63, 3.8) is 0 Å². The Morgan fingerprint density at radius 3 is 3.17 bits per heavy atom. The molecule has 2 heterocycles. The maximum Gasteiger partial charge on any atom is 0.221 e. The highest BCUT2D eigenvalue weighted by molar-refractivity contribution is 5.77. The van der Waals surface area contributed by atoms with Crippen molar-refractivity contribution >= 4 is 17.0 Å². The van der Waals surface area contributed by atoms with Gasteiger partial charge in [-0.15, -0.1) is 0 Å². The van der Waals surface area contributed by atoms with Crippen molar-refractivity contribution in [2.45, 2.75) is 0 Å². The highest BCUT2D eigenvalue weighted by Gasteiger charge is 2.00. The van der Waals surface area contributed by atoms with Crippen molar-refractivity contribution in [1.29, 1.82) is 5.26 Å². The summed E-state index contributed by atoms with van der Waals surface area (Å²) in [6, 6.07) is 3.65. The molecule has 5 nitrogen and oxygen atoms in total. The summed E-state index contributed by atoms with van der Waals surface area (Å²) in [4.78, 5) is 10.5. The Morgan fingerprint density at radius 1 is 1.58 bits per heavy atom. The molecular weight excluding hydrogens is 154 g/mol. The fourth-order valence-electron chi connectivity index (χ4n) is 0.990. The minimum Gasteiger partial charge on any atom is -0.368 e. The van der Waals surface area contributed by atoms with E-state index in [1.165, 1.54) is 0 Å². The Balaban J connectivity index is 2.77. The Morgan fingerprint density at radius 2 is 2.42 bits per heavy atom. The molecule has 0 aliphatic heterocycles. The summed E-state index contributed by atoms with van der Waals surface area (Å²) in [5, 5.41) is 9.34. The van der Waals surface area contributed by atoms with E-state index in [1.807, 2.05) is 6.07 Å². The first-order valence-electron chi connectivity index (χ1n) is 3.31. The number of aromatic nitrogens is 3. The number of aromatic amines is 1. The van der Waals surface area contributed by atoms with Crippen LogP contribution in [0.25, 0.3) is 11.0 Å². The topological polar surface area (TPSA) is 91.4 Å². The zero-order chi connectivity index (χ0) is 8.55. The molecule has 3 N–H and O–H groups in total. The van der Waals surface area contributed by atoms with Crippen molar-refractivity contribution in [2.24, 2.45) is 0 Å². The van der Waals surface area contributed by atoms with Crippen LogP contribution in [0, 0.1) is 11.3 Å². The SMILES string of the molecule is N#Cc1cc2cnc(N)nc2[nH]1. The molecule has 0 amide bonds. The molecule has 0 spiro atoms. The quantitative estimate of drug-likeness (QED) is 0.582. The van der Waals surface area contributed by atoms with Gasteiger partial charge in [0, 0.05) is 11.6 Å². The standard InChI is InChI=1S/C7H5N5/c8-2-5-1-4-3-10-7(9)12-6(4)11-5/h1,3H,(H3,9,10,11,12).